The lowest BCUT2D eigenvalue weighted by molar-refractivity contribution is -0.125. The lowest BCUT2D eigenvalue weighted by Gasteiger charge is -2.35. The highest BCUT2D eigenvalue weighted by molar-refractivity contribution is 5.90. The Hall–Kier alpha value is -2.82. The molecule has 2 aromatic rings. The van der Waals surface area contributed by atoms with Crippen LogP contribution in [0, 0.1) is 6.92 Å². The maximum absolute atomic E-state index is 12.9. The molecule has 0 spiro atoms. The maximum atomic E-state index is 12.9. The minimum Gasteiger partial charge on any atom is -0.368 e. The van der Waals surface area contributed by atoms with Gasteiger partial charge in [-0.2, -0.15) is 0 Å². The van der Waals surface area contributed by atoms with Gasteiger partial charge in [0.05, 0.1) is 6.04 Å². The summed E-state index contributed by atoms with van der Waals surface area (Å²) in [4.78, 5) is 24.9. The first-order valence-electron chi connectivity index (χ1n) is 9.51. The summed E-state index contributed by atoms with van der Waals surface area (Å²) in [6, 6.07) is 17.1. The number of carbonyl (C=O) groups excluding carboxylic acids is 2. The normalized spacial score (nSPS) is 16.9. The van der Waals surface area contributed by atoms with Crippen LogP contribution in [0.2, 0.25) is 0 Å². The zero-order valence-electron chi connectivity index (χ0n) is 15.7. The molecule has 0 radical (unpaired) electrons. The number of hydrogen-bond donors (Lipinski definition) is 3. The average Bonchev–Trinajstić information content (AvgIpc) is 2.68. The first-order chi connectivity index (χ1) is 13.0. The first kappa shape index (κ1) is 19.0. The lowest BCUT2D eigenvalue weighted by atomic mass is 9.81. The zero-order chi connectivity index (χ0) is 19.3. The van der Waals surface area contributed by atoms with Crippen LogP contribution in [0.1, 0.15) is 54.8 Å². The summed E-state index contributed by atoms with van der Waals surface area (Å²) in [5.41, 5.74) is 7.80. The van der Waals surface area contributed by atoms with E-state index in [0.717, 1.165) is 36.0 Å². The summed E-state index contributed by atoms with van der Waals surface area (Å²) in [5.74, 6) is -0.454. The molecule has 5 nitrogen and oxygen atoms in total. The van der Waals surface area contributed by atoms with Gasteiger partial charge in [-0.1, -0.05) is 73.9 Å². The van der Waals surface area contributed by atoms with Gasteiger partial charge in [0.1, 0.15) is 5.54 Å². The third-order valence-corrected chi connectivity index (χ3v) is 5.44. The molecule has 142 valence electrons. The van der Waals surface area contributed by atoms with Gasteiger partial charge < -0.3 is 16.4 Å². The second-order valence-electron chi connectivity index (χ2n) is 7.31. The molecule has 1 saturated carbocycles. The van der Waals surface area contributed by atoms with Crippen LogP contribution >= 0.6 is 0 Å². The van der Waals surface area contributed by atoms with E-state index in [4.69, 9.17) is 5.73 Å². The van der Waals surface area contributed by atoms with E-state index in [2.05, 4.69) is 10.6 Å². The molecule has 0 aromatic heterocycles. The number of carbonyl (C=O) groups is 2. The van der Waals surface area contributed by atoms with E-state index in [1.165, 1.54) is 0 Å². The fourth-order valence-corrected chi connectivity index (χ4v) is 3.87. The van der Waals surface area contributed by atoms with Crippen LogP contribution in [0.5, 0.6) is 0 Å². The molecule has 0 aliphatic heterocycles. The molecule has 3 rings (SSSR count). The molecule has 3 amide bonds. The number of amides is 3. The van der Waals surface area contributed by atoms with Crippen LogP contribution in [-0.2, 0) is 4.79 Å². The molecule has 0 heterocycles. The first-order valence-corrected chi connectivity index (χ1v) is 9.51. The van der Waals surface area contributed by atoms with Crippen LogP contribution in [0.25, 0.3) is 0 Å². The molecule has 0 saturated heterocycles. The molecule has 1 atom stereocenters. The molecular formula is C22H27N3O2. The van der Waals surface area contributed by atoms with E-state index in [1.54, 1.807) is 0 Å². The molecule has 0 bridgehead atoms. The molecule has 1 fully saturated rings. The Balaban J connectivity index is 1.85. The van der Waals surface area contributed by atoms with Gasteiger partial charge in [0.15, 0.2) is 0 Å². The number of primary amides is 1. The molecule has 2 aromatic carbocycles. The van der Waals surface area contributed by atoms with Crippen LogP contribution < -0.4 is 16.4 Å². The summed E-state index contributed by atoms with van der Waals surface area (Å²) >= 11 is 0. The number of rotatable bonds is 5. The van der Waals surface area contributed by atoms with Gasteiger partial charge in [0, 0.05) is 0 Å². The Labute approximate surface area is 160 Å². The highest BCUT2D eigenvalue weighted by Gasteiger charge is 2.39. The van der Waals surface area contributed by atoms with Crippen molar-refractivity contribution in [2.24, 2.45) is 5.73 Å². The fourth-order valence-electron chi connectivity index (χ4n) is 3.87. The number of nitrogens with one attached hydrogen (secondary N) is 2. The predicted molar refractivity (Wildman–Crippen MR) is 106 cm³/mol. The third kappa shape index (κ3) is 4.30. The van der Waals surface area contributed by atoms with Crippen molar-refractivity contribution < 1.29 is 9.59 Å². The van der Waals surface area contributed by atoms with E-state index in [-0.39, 0.29) is 12.1 Å². The molecule has 0 unspecified atom stereocenters. The van der Waals surface area contributed by atoms with E-state index in [0.29, 0.717) is 12.8 Å². The predicted octanol–water partition coefficient (Wildman–Crippen LogP) is 3.57. The minimum atomic E-state index is -0.949. The summed E-state index contributed by atoms with van der Waals surface area (Å²) in [6.07, 6.45) is 4.03. The molecular weight excluding hydrogens is 338 g/mol. The zero-order valence-corrected chi connectivity index (χ0v) is 15.7. The monoisotopic (exact) mass is 365 g/mol. The Bertz CT molecular complexity index is 798. The number of benzene rings is 2. The number of aryl methyl sites for hydroxylation is 1. The quantitative estimate of drug-likeness (QED) is 0.757. The largest absolute Gasteiger partial charge is 0.368 e. The topological polar surface area (TPSA) is 84.2 Å². The summed E-state index contributed by atoms with van der Waals surface area (Å²) < 4.78 is 0. The van der Waals surface area contributed by atoms with Crippen molar-refractivity contribution in [1.82, 2.24) is 10.6 Å². The van der Waals surface area contributed by atoms with Crippen molar-refractivity contribution in [2.45, 2.75) is 50.6 Å². The maximum Gasteiger partial charge on any atom is 0.316 e. The molecule has 27 heavy (non-hydrogen) atoms. The summed E-state index contributed by atoms with van der Waals surface area (Å²) in [6.45, 7) is 2.02. The van der Waals surface area contributed by atoms with Gasteiger partial charge >= 0.3 is 6.03 Å². The summed E-state index contributed by atoms with van der Waals surface area (Å²) in [7, 11) is 0. The molecule has 5 heteroatoms. The van der Waals surface area contributed by atoms with Gasteiger partial charge in [0.25, 0.3) is 0 Å². The van der Waals surface area contributed by atoms with Gasteiger partial charge in [0.2, 0.25) is 5.91 Å². The standard InChI is InChI=1S/C22H27N3O2/c1-16-10-6-7-13-18(16)19(17-11-4-2-5-12-17)24-21(27)25-22(20(23)26)14-8-3-9-15-22/h2,4-7,10-13,19H,3,8-9,14-15H2,1H3,(H2,23,26)(H2,24,25,27)/t19-/m0/s1. The van der Waals surface area contributed by atoms with E-state index < -0.39 is 11.4 Å². The van der Waals surface area contributed by atoms with E-state index >= 15 is 0 Å². The van der Waals surface area contributed by atoms with Gasteiger partial charge in [-0.15, -0.1) is 0 Å². The van der Waals surface area contributed by atoms with Crippen molar-refractivity contribution in [3.63, 3.8) is 0 Å². The Morgan fingerprint density at radius 1 is 0.963 bits per heavy atom. The molecule has 4 N–H and O–H groups in total. The van der Waals surface area contributed by atoms with E-state index in [9.17, 15) is 9.59 Å². The molecule has 1 aliphatic carbocycles. The van der Waals surface area contributed by atoms with E-state index in [1.807, 2.05) is 61.5 Å². The minimum absolute atomic E-state index is 0.305. The van der Waals surface area contributed by atoms with Crippen LogP contribution in [0.15, 0.2) is 54.6 Å². The molecule has 1 aliphatic rings. The highest BCUT2D eigenvalue weighted by Crippen LogP contribution is 2.29. The van der Waals surface area contributed by atoms with Crippen LogP contribution in [-0.4, -0.2) is 17.5 Å². The van der Waals surface area contributed by atoms with Crippen molar-refractivity contribution in [3.05, 3.63) is 71.3 Å². The Morgan fingerprint density at radius 3 is 2.22 bits per heavy atom. The number of urea groups is 1. The second-order valence-corrected chi connectivity index (χ2v) is 7.31. The van der Waals surface area contributed by atoms with Gasteiger partial charge in [-0.05, 0) is 36.5 Å². The fraction of sp³-hybridized carbons (Fsp3) is 0.364. The Morgan fingerprint density at radius 2 is 1.59 bits per heavy atom. The Kier molecular flexibility index (Phi) is 5.79. The van der Waals surface area contributed by atoms with Gasteiger partial charge in [-0.3, -0.25) is 4.79 Å². The van der Waals surface area contributed by atoms with Crippen LogP contribution in [0.4, 0.5) is 4.79 Å². The van der Waals surface area contributed by atoms with Crippen molar-refractivity contribution >= 4 is 11.9 Å². The summed E-state index contributed by atoms with van der Waals surface area (Å²) in [5, 5.41) is 5.96. The smallest absolute Gasteiger partial charge is 0.316 e. The lowest BCUT2D eigenvalue weighted by Crippen LogP contribution is -2.60. The number of hydrogen-bond acceptors (Lipinski definition) is 2. The van der Waals surface area contributed by atoms with Crippen molar-refractivity contribution in [3.8, 4) is 0 Å². The SMILES string of the molecule is Cc1ccccc1[C@@H](NC(=O)NC1(C(N)=O)CCCCC1)c1ccccc1. The van der Waals surface area contributed by atoms with Crippen molar-refractivity contribution in [2.75, 3.05) is 0 Å². The van der Waals surface area contributed by atoms with Gasteiger partial charge in [-0.25, -0.2) is 4.79 Å². The highest BCUT2D eigenvalue weighted by atomic mass is 16.2. The van der Waals surface area contributed by atoms with Crippen molar-refractivity contribution in [1.29, 1.82) is 0 Å². The second kappa shape index (κ2) is 8.25. The van der Waals surface area contributed by atoms with Crippen LogP contribution in [0.3, 0.4) is 0 Å². The average molecular weight is 365 g/mol. The third-order valence-electron chi connectivity index (χ3n) is 5.44. The number of nitrogens with two attached hydrogens (primary N) is 1.